The third-order valence-corrected chi connectivity index (χ3v) is 5.49. The van der Waals surface area contributed by atoms with Crippen LogP contribution in [0.3, 0.4) is 0 Å². The summed E-state index contributed by atoms with van der Waals surface area (Å²) in [6.07, 6.45) is 10.9. The number of aromatic nitrogens is 1. The molecule has 0 aromatic carbocycles. The quantitative estimate of drug-likeness (QED) is 0.818. The molecule has 2 rings (SSSR count). The van der Waals surface area contributed by atoms with E-state index in [4.69, 9.17) is 5.14 Å². The molecule has 7 heteroatoms. The van der Waals surface area contributed by atoms with Crippen molar-refractivity contribution in [3.8, 4) is 0 Å². The Morgan fingerprint density at radius 2 is 2.21 bits per heavy atom. The molecule has 0 spiro atoms. The summed E-state index contributed by atoms with van der Waals surface area (Å²) < 4.78 is 22.3. The van der Waals surface area contributed by atoms with Crippen LogP contribution in [0.15, 0.2) is 22.1 Å². The zero-order chi connectivity index (χ0) is 13.7. The number of allylic oxidation sites excluding steroid dienone is 1. The highest BCUT2D eigenvalue weighted by molar-refractivity contribution is 7.91. The van der Waals surface area contributed by atoms with Crippen LogP contribution in [0.2, 0.25) is 0 Å². The average Bonchev–Trinajstić information content (AvgIpc) is 2.67. The summed E-state index contributed by atoms with van der Waals surface area (Å²) in [6.45, 7) is 0.781. The fourth-order valence-corrected chi connectivity index (χ4v) is 3.59. The lowest BCUT2D eigenvalue weighted by Crippen LogP contribution is -2.09. The van der Waals surface area contributed by atoms with Crippen LogP contribution in [0.1, 0.15) is 38.5 Å². The Kier molecular flexibility index (Phi) is 4.95. The number of nitrogens with one attached hydrogen (secondary N) is 1. The highest BCUT2D eigenvalue weighted by atomic mass is 32.2. The summed E-state index contributed by atoms with van der Waals surface area (Å²) in [5.41, 5.74) is 1.49. The van der Waals surface area contributed by atoms with Crippen LogP contribution in [0.4, 0.5) is 5.13 Å². The molecule has 0 atom stereocenters. The number of anilines is 1. The van der Waals surface area contributed by atoms with E-state index in [-0.39, 0.29) is 4.21 Å². The van der Waals surface area contributed by atoms with Crippen LogP contribution in [0, 0.1) is 0 Å². The van der Waals surface area contributed by atoms with Gasteiger partial charge in [0, 0.05) is 6.54 Å². The van der Waals surface area contributed by atoms with E-state index in [0.717, 1.165) is 24.3 Å². The molecule has 106 valence electrons. The first-order chi connectivity index (χ1) is 9.05. The van der Waals surface area contributed by atoms with Crippen molar-refractivity contribution in [1.29, 1.82) is 0 Å². The molecule has 0 bridgehead atoms. The number of nitrogens with zero attached hydrogens (tertiary/aromatic N) is 1. The first kappa shape index (κ1) is 14.5. The minimum absolute atomic E-state index is 0.101. The summed E-state index contributed by atoms with van der Waals surface area (Å²) in [5, 5.41) is 8.80. The third kappa shape index (κ3) is 4.59. The fraction of sp³-hybridized carbons (Fsp3) is 0.583. The summed E-state index contributed by atoms with van der Waals surface area (Å²) in [7, 11) is -3.63. The number of nitrogens with two attached hydrogens (primary N) is 1. The molecule has 19 heavy (non-hydrogen) atoms. The van der Waals surface area contributed by atoms with Gasteiger partial charge in [-0.15, -0.1) is 0 Å². The Labute approximate surface area is 118 Å². The van der Waals surface area contributed by atoms with E-state index in [0.29, 0.717) is 5.13 Å². The third-order valence-electron chi connectivity index (χ3n) is 3.12. The van der Waals surface area contributed by atoms with Gasteiger partial charge in [0.2, 0.25) is 10.0 Å². The normalized spacial score (nSPS) is 16.8. The second kappa shape index (κ2) is 6.49. The monoisotopic (exact) mass is 301 g/mol. The van der Waals surface area contributed by atoms with Gasteiger partial charge in [-0.3, -0.25) is 0 Å². The van der Waals surface area contributed by atoms with Gasteiger partial charge < -0.3 is 5.32 Å². The molecule has 0 radical (unpaired) electrons. The molecule has 1 aromatic heterocycles. The molecule has 1 aromatic rings. The molecule has 1 heterocycles. The van der Waals surface area contributed by atoms with Crippen molar-refractivity contribution in [1.82, 2.24) is 4.98 Å². The van der Waals surface area contributed by atoms with Crippen LogP contribution >= 0.6 is 11.3 Å². The second-order valence-corrected chi connectivity index (χ2v) is 7.49. The van der Waals surface area contributed by atoms with Gasteiger partial charge in [-0.2, -0.15) is 0 Å². The highest BCUT2D eigenvalue weighted by Gasteiger charge is 2.12. The number of sulfonamides is 1. The molecular formula is C12H19N3O2S2. The minimum Gasteiger partial charge on any atom is -0.361 e. The van der Waals surface area contributed by atoms with Crippen LogP contribution < -0.4 is 10.5 Å². The molecule has 0 fully saturated rings. The van der Waals surface area contributed by atoms with Crippen molar-refractivity contribution >= 4 is 26.5 Å². The van der Waals surface area contributed by atoms with Crippen LogP contribution in [-0.2, 0) is 10.0 Å². The van der Waals surface area contributed by atoms with Gasteiger partial charge in [0.25, 0.3) is 0 Å². The molecule has 3 N–H and O–H groups in total. The number of primary sulfonamides is 1. The summed E-state index contributed by atoms with van der Waals surface area (Å²) in [6, 6.07) is 0. The number of hydrogen-bond donors (Lipinski definition) is 2. The van der Waals surface area contributed by atoms with Gasteiger partial charge in [-0.1, -0.05) is 29.4 Å². The molecular weight excluding hydrogens is 282 g/mol. The van der Waals surface area contributed by atoms with Gasteiger partial charge in [0.05, 0.1) is 6.20 Å². The Bertz CT molecular complexity index is 549. The van der Waals surface area contributed by atoms with E-state index < -0.39 is 10.0 Å². The van der Waals surface area contributed by atoms with E-state index in [1.54, 1.807) is 0 Å². The van der Waals surface area contributed by atoms with Crippen molar-refractivity contribution in [3.63, 3.8) is 0 Å². The maximum atomic E-state index is 11.1. The topological polar surface area (TPSA) is 85.1 Å². The van der Waals surface area contributed by atoms with E-state index in [9.17, 15) is 8.42 Å². The number of rotatable bonds is 5. The van der Waals surface area contributed by atoms with Crippen molar-refractivity contribution in [3.05, 3.63) is 17.8 Å². The van der Waals surface area contributed by atoms with Gasteiger partial charge in [-0.05, 0) is 32.1 Å². The van der Waals surface area contributed by atoms with Gasteiger partial charge in [-0.25, -0.2) is 18.5 Å². The largest absolute Gasteiger partial charge is 0.361 e. The standard InChI is InChI=1S/C12H19N3O2S2/c13-19(16,17)11-9-15-12(18-11)14-8-7-10-5-3-1-2-4-6-10/h5,9H,1-4,6-8H2,(H,14,15)(H2,13,16,17). The lowest BCUT2D eigenvalue weighted by atomic mass is 10.1. The average molecular weight is 301 g/mol. The summed E-state index contributed by atoms with van der Waals surface area (Å²) >= 11 is 1.08. The van der Waals surface area contributed by atoms with E-state index >= 15 is 0 Å². The van der Waals surface area contributed by atoms with E-state index in [1.165, 1.54) is 43.9 Å². The molecule has 0 unspecified atom stereocenters. The van der Waals surface area contributed by atoms with Crippen molar-refractivity contribution in [2.24, 2.45) is 5.14 Å². The minimum atomic E-state index is -3.63. The lowest BCUT2D eigenvalue weighted by molar-refractivity contribution is 0.599. The molecule has 0 aliphatic heterocycles. The van der Waals surface area contributed by atoms with Crippen LogP contribution in [0.25, 0.3) is 0 Å². The lowest BCUT2D eigenvalue weighted by Gasteiger charge is -2.05. The number of hydrogen-bond acceptors (Lipinski definition) is 5. The Morgan fingerprint density at radius 3 is 2.95 bits per heavy atom. The SMILES string of the molecule is NS(=O)(=O)c1cnc(NCCC2=CCCCCC2)s1. The molecule has 5 nitrogen and oxygen atoms in total. The van der Waals surface area contributed by atoms with E-state index in [2.05, 4.69) is 16.4 Å². The first-order valence-electron chi connectivity index (χ1n) is 6.46. The van der Waals surface area contributed by atoms with Gasteiger partial charge in [0.1, 0.15) is 0 Å². The van der Waals surface area contributed by atoms with Crippen LogP contribution in [0.5, 0.6) is 0 Å². The second-order valence-electron chi connectivity index (χ2n) is 4.67. The molecule has 0 saturated carbocycles. The van der Waals surface area contributed by atoms with Gasteiger partial charge in [0.15, 0.2) is 9.34 Å². The smallest absolute Gasteiger partial charge is 0.249 e. The molecule has 1 aliphatic rings. The highest BCUT2D eigenvalue weighted by Crippen LogP contribution is 2.23. The van der Waals surface area contributed by atoms with Gasteiger partial charge >= 0.3 is 0 Å². The maximum Gasteiger partial charge on any atom is 0.249 e. The molecule has 0 saturated heterocycles. The molecule has 0 amide bonds. The maximum absolute atomic E-state index is 11.1. The Balaban J connectivity index is 1.82. The first-order valence-corrected chi connectivity index (χ1v) is 8.82. The fourth-order valence-electron chi connectivity index (χ4n) is 2.11. The molecule has 1 aliphatic carbocycles. The van der Waals surface area contributed by atoms with E-state index in [1.807, 2.05) is 0 Å². The summed E-state index contributed by atoms with van der Waals surface area (Å²) in [4.78, 5) is 4.01. The Hall–Kier alpha value is -0.920. The predicted octanol–water partition coefficient (Wildman–Crippen LogP) is 2.48. The predicted molar refractivity (Wildman–Crippen MR) is 77.8 cm³/mol. The summed E-state index contributed by atoms with van der Waals surface area (Å²) in [5.74, 6) is 0. The van der Waals surface area contributed by atoms with Crippen molar-refractivity contribution in [2.75, 3.05) is 11.9 Å². The van der Waals surface area contributed by atoms with Crippen molar-refractivity contribution in [2.45, 2.75) is 42.7 Å². The zero-order valence-corrected chi connectivity index (χ0v) is 12.4. The number of thiazole rings is 1. The zero-order valence-electron chi connectivity index (χ0n) is 10.8. The van der Waals surface area contributed by atoms with Crippen molar-refractivity contribution < 1.29 is 8.42 Å². The van der Waals surface area contributed by atoms with Crippen LogP contribution in [-0.4, -0.2) is 19.9 Å². The Morgan fingerprint density at radius 1 is 1.37 bits per heavy atom.